The van der Waals surface area contributed by atoms with Crippen LogP contribution in [0.15, 0.2) is 36.4 Å². The molecule has 2 aromatic rings. The highest BCUT2D eigenvalue weighted by molar-refractivity contribution is 7.98. The van der Waals surface area contributed by atoms with Gasteiger partial charge in [0.15, 0.2) is 0 Å². The van der Waals surface area contributed by atoms with Gasteiger partial charge in [-0.3, -0.25) is 14.4 Å². The molecule has 32 heavy (non-hydrogen) atoms. The summed E-state index contributed by atoms with van der Waals surface area (Å²) in [5.41, 5.74) is 2.28. The molecule has 1 amide bonds. The average molecular weight is 475 g/mol. The molecule has 3 aliphatic rings. The quantitative estimate of drug-likeness (QED) is 0.481. The molecular weight excluding hydrogens is 447 g/mol. The van der Waals surface area contributed by atoms with Crippen LogP contribution in [-0.4, -0.2) is 35.3 Å². The number of hydrogen-bond donors (Lipinski definition) is 1. The Kier molecular flexibility index (Phi) is 6.63. The summed E-state index contributed by atoms with van der Waals surface area (Å²) >= 11 is 7.54. The molecule has 170 valence electrons. The van der Waals surface area contributed by atoms with Crippen LogP contribution in [0.4, 0.5) is 4.39 Å². The molecule has 0 unspecified atom stereocenters. The zero-order valence-electron chi connectivity index (χ0n) is 18.0. The number of ether oxygens (including phenoxy) is 1. The highest BCUT2D eigenvalue weighted by atomic mass is 35.5. The summed E-state index contributed by atoms with van der Waals surface area (Å²) in [5, 5.41) is 1.23. The number of likely N-dealkylation sites (tertiary alicyclic amines) is 1. The third kappa shape index (κ3) is 5.59. The molecule has 0 bridgehead atoms. The van der Waals surface area contributed by atoms with Gasteiger partial charge in [0.25, 0.3) is 5.91 Å². The molecule has 7 heteroatoms. The minimum atomic E-state index is -0.509. The van der Waals surface area contributed by atoms with Crippen molar-refractivity contribution in [1.82, 2.24) is 9.62 Å². The number of carbonyl (C=O) groups is 1. The molecule has 4 nitrogen and oxygen atoms in total. The number of benzene rings is 2. The molecule has 0 spiro atoms. The van der Waals surface area contributed by atoms with Gasteiger partial charge >= 0.3 is 0 Å². The lowest BCUT2D eigenvalue weighted by molar-refractivity contribution is 0.0832. The normalized spacial score (nSPS) is 21.4. The van der Waals surface area contributed by atoms with Crippen LogP contribution in [0.25, 0.3) is 0 Å². The fraction of sp³-hybridized carbons (Fsp3) is 0.480. The van der Waals surface area contributed by atoms with Gasteiger partial charge in [-0.05, 0) is 92.3 Å². The second kappa shape index (κ2) is 9.62. The summed E-state index contributed by atoms with van der Waals surface area (Å²) in [6.45, 7) is 2.62. The van der Waals surface area contributed by atoms with E-state index in [1.807, 2.05) is 18.2 Å². The summed E-state index contributed by atoms with van der Waals surface area (Å²) < 4.78 is 24.0. The molecule has 1 atom stereocenters. The molecule has 1 N–H and O–H groups in total. The number of nitrogens with zero attached hydrogens (tertiary/aromatic N) is 1. The van der Waals surface area contributed by atoms with E-state index in [2.05, 4.69) is 15.7 Å². The van der Waals surface area contributed by atoms with Crippen LogP contribution in [0, 0.1) is 5.82 Å². The van der Waals surface area contributed by atoms with Crippen molar-refractivity contribution >= 4 is 29.5 Å². The zero-order valence-corrected chi connectivity index (χ0v) is 19.6. The van der Waals surface area contributed by atoms with Gasteiger partial charge in [0.05, 0.1) is 5.56 Å². The highest BCUT2D eigenvalue weighted by Gasteiger charge is 2.32. The molecule has 0 aromatic heterocycles. The number of rotatable bonds is 8. The van der Waals surface area contributed by atoms with E-state index in [1.54, 1.807) is 6.07 Å². The predicted octanol–water partition coefficient (Wildman–Crippen LogP) is 5.94. The van der Waals surface area contributed by atoms with Crippen LogP contribution in [0.2, 0.25) is 5.02 Å². The Morgan fingerprint density at radius 3 is 2.78 bits per heavy atom. The Morgan fingerprint density at radius 2 is 2.03 bits per heavy atom. The van der Waals surface area contributed by atoms with Crippen molar-refractivity contribution in [3.8, 4) is 5.75 Å². The van der Waals surface area contributed by atoms with Crippen molar-refractivity contribution < 1.29 is 13.9 Å². The molecule has 2 saturated carbocycles. The maximum Gasteiger partial charge on any atom is 0.264 e. The lowest BCUT2D eigenvalue weighted by Crippen LogP contribution is -2.40. The maximum atomic E-state index is 14.9. The first kappa shape index (κ1) is 22.1. The Hall–Kier alpha value is -1.76. The summed E-state index contributed by atoms with van der Waals surface area (Å²) in [7, 11) is 0. The summed E-state index contributed by atoms with van der Waals surface area (Å²) in [6, 6.07) is 11.1. The van der Waals surface area contributed by atoms with Crippen LogP contribution in [-0.2, 0) is 6.54 Å². The first-order chi connectivity index (χ1) is 15.5. The van der Waals surface area contributed by atoms with Crippen molar-refractivity contribution in [2.24, 2.45) is 0 Å². The van der Waals surface area contributed by atoms with Crippen LogP contribution in [0.1, 0.15) is 65.9 Å². The number of halogens is 2. The average Bonchev–Trinajstić information content (AvgIpc) is 3.67. The third-order valence-electron chi connectivity index (χ3n) is 6.26. The molecule has 3 fully saturated rings. The number of amides is 1. The minimum absolute atomic E-state index is 0.00457. The topological polar surface area (TPSA) is 41.6 Å². The van der Waals surface area contributed by atoms with Crippen molar-refractivity contribution in [3.05, 3.63) is 63.9 Å². The standard InChI is InChI=1S/C25H28ClFN2O2S/c26-18-4-1-3-16(11-18)14-29-10-2-5-19(15-29)31-24-13-23(27)22(12-21(24)17-6-7-17)25(30)28-32-20-8-9-20/h1,3-4,11-13,17,19-20H,2,5-10,14-15H2,(H,28,30)/t19-/m1/s1. The SMILES string of the molecule is O=C(NSC1CC1)c1cc(C2CC2)c(O[C@@H]2CCCN(Cc3cccc(Cl)c3)C2)cc1F. The molecule has 0 radical (unpaired) electrons. The first-order valence-corrected chi connectivity index (χ1v) is 12.7. The lowest BCUT2D eigenvalue weighted by Gasteiger charge is -2.33. The highest BCUT2D eigenvalue weighted by Crippen LogP contribution is 2.45. The monoisotopic (exact) mass is 474 g/mol. The van der Waals surface area contributed by atoms with E-state index in [9.17, 15) is 9.18 Å². The Balaban J connectivity index is 1.27. The molecule has 1 heterocycles. The molecule has 1 saturated heterocycles. The Morgan fingerprint density at radius 1 is 1.19 bits per heavy atom. The second-order valence-electron chi connectivity index (χ2n) is 9.14. The third-order valence-corrected chi connectivity index (χ3v) is 7.60. The van der Waals surface area contributed by atoms with E-state index < -0.39 is 5.82 Å². The molecule has 2 aliphatic carbocycles. The van der Waals surface area contributed by atoms with Crippen LogP contribution in [0.3, 0.4) is 0 Å². The Bertz CT molecular complexity index is 996. The first-order valence-electron chi connectivity index (χ1n) is 11.5. The minimum Gasteiger partial charge on any atom is -0.489 e. The van der Waals surface area contributed by atoms with E-state index in [0.717, 1.165) is 68.7 Å². The summed E-state index contributed by atoms with van der Waals surface area (Å²) in [4.78, 5) is 14.9. The number of nitrogens with one attached hydrogen (secondary N) is 1. The van der Waals surface area contributed by atoms with E-state index in [-0.39, 0.29) is 17.6 Å². The fourth-order valence-electron chi connectivity index (χ4n) is 4.26. The smallest absolute Gasteiger partial charge is 0.264 e. The molecule has 5 rings (SSSR count). The van der Waals surface area contributed by atoms with Crippen LogP contribution >= 0.6 is 23.5 Å². The van der Waals surface area contributed by atoms with Gasteiger partial charge in [-0.2, -0.15) is 0 Å². The summed E-state index contributed by atoms with van der Waals surface area (Å²) in [6.07, 6.45) is 6.33. The molecule has 1 aliphatic heterocycles. The van der Waals surface area contributed by atoms with Crippen molar-refractivity contribution in [2.75, 3.05) is 13.1 Å². The fourth-order valence-corrected chi connectivity index (χ4v) is 5.23. The van der Waals surface area contributed by atoms with Gasteiger partial charge in [-0.1, -0.05) is 23.7 Å². The number of hydrogen-bond acceptors (Lipinski definition) is 4. The molecular formula is C25H28ClFN2O2S. The van der Waals surface area contributed by atoms with Gasteiger partial charge < -0.3 is 4.74 Å². The molecule has 2 aromatic carbocycles. The van der Waals surface area contributed by atoms with Gasteiger partial charge in [0, 0.05) is 29.4 Å². The van der Waals surface area contributed by atoms with Gasteiger partial charge in [0.2, 0.25) is 0 Å². The number of piperidine rings is 1. The second-order valence-corrected chi connectivity index (χ2v) is 10.7. The zero-order chi connectivity index (χ0) is 22.1. The van der Waals surface area contributed by atoms with E-state index in [1.165, 1.54) is 23.6 Å². The van der Waals surface area contributed by atoms with E-state index in [0.29, 0.717) is 16.9 Å². The Labute approximate surface area is 198 Å². The summed E-state index contributed by atoms with van der Waals surface area (Å²) in [5.74, 6) is 0.105. The van der Waals surface area contributed by atoms with Gasteiger partial charge in [-0.25, -0.2) is 4.39 Å². The van der Waals surface area contributed by atoms with Crippen molar-refractivity contribution in [1.29, 1.82) is 0 Å². The maximum absolute atomic E-state index is 14.9. The number of carbonyl (C=O) groups excluding carboxylic acids is 1. The van der Waals surface area contributed by atoms with E-state index in [4.69, 9.17) is 16.3 Å². The van der Waals surface area contributed by atoms with Crippen molar-refractivity contribution in [2.45, 2.75) is 62.3 Å². The van der Waals surface area contributed by atoms with Crippen molar-refractivity contribution in [3.63, 3.8) is 0 Å². The van der Waals surface area contributed by atoms with Crippen LogP contribution < -0.4 is 9.46 Å². The largest absolute Gasteiger partial charge is 0.489 e. The van der Waals surface area contributed by atoms with E-state index >= 15 is 0 Å². The predicted molar refractivity (Wildman–Crippen MR) is 127 cm³/mol. The van der Waals surface area contributed by atoms with Crippen LogP contribution in [0.5, 0.6) is 5.75 Å². The van der Waals surface area contributed by atoms with Gasteiger partial charge in [0.1, 0.15) is 17.7 Å². The lowest BCUT2D eigenvalue weighted by atomic mass is 10.0. The van der Waals surface area contributed by atoms with Gasteiger partial charge in [-0.15, -0.1) is 0 Å².